The highest BCUT2D eigenvalue weighted by molar-refractivity contribution is 5.68. The summed E-state index contributed by atoms with van der Waals surface area (Å²) in [4.78, 5) is 12.1. The molecule has 5 heteroatoms. The number of amides is 1. The molecule has 1 fully saturated rings. The number of nitrogens with zero attached hydrogens (tertiary/aromatic N) is 1. The predicted molar refractivity (Wildman–Crippen MR) is 38.0 cm³/mol. The maximum absolute atomic E-state index is 10.7. The van der Waals surface area contributed by atoms with Gasteiger partial charge in [-0.05, 0) is 0 Å². The van der Waals surface area contributed by atoms with E-state index in [2.05, 4.69) is 4.74 Å². The molecule has 0 aliphatic carbocycles. The van der Waals surface area contributed by atoms with Crippen LogP contribution in [0.2, 0.25) is 0 Å². The fourth-order valence-electron chi connectivity index (χ4n) is 1.05. The lowest BCUT2D eigenvalue weighted by Crippen LogP contribution is -2.66. The average molecular weight is 160 g/mol. The van der Waals surface area contributed by atoms with Crippen molar-refractivity contribution in [2.75, 3.05) is 26.7 Å². The van der Waals surface area contributed by atoms with Crippen LogP contribution in [0.1, 0.15) is 0 Å². The molecule has 64 valence electrons. The van der Waals surface area contributed by atoms with E-state index in [0.717, 1.165) is 0 Å². The molecule has 0 aromatic carbocycles. The fraction of sp³-hybridized carbons (Fsp3) is 0.833. The SMILES string of the molecule is COC(=O)N1CC(O)(CN)C1. The molecule has 1 aliphatic heterocycles. The molecule has 0 radical (unpaired) electrons. The second-order valence-corrected chi connectivity index (χ2v) is 2.75. The summed E-state index contributed by atoms with van der Waals surface area (Å²) in [6.07, 6.45) is -0.414. The van der Waals surface area contributed by atoms with Crippen molar-refractivity contribution in [2.24, 2.45) is 5.73 Å². The van der Waals surface area contributed by atoms with Crippen LogP contribution in [-0.4, -0.2) is 48.4 Å². The molecule has 1 amide bonds. The van der Waals surface area contributed by atoms with Crippen molar-refractivity contribution in [3.8, 4) is 0 Å². The molecule has 0 aromatic rings. The summed E-state index contributed by atoms with van der Waals surface area (Å²) in [5.41, 5.74) is 4.36. The van der Waals surface area contributed by atoms with E-state index in [1.54, 1.807) is 0 Å². The zero-order valence-electron chi connectivity index (χ0n) is 6.41. The van der Waals surface area contributed by atoms with E-state index in [1.165, 1.54) is 12.0 Å². The van der Waals surface area contributed by atoms with Crippen molar-refractivity contribution >= 4 is 6.09 Å². The molecule has 1 saturated heterocycles. The number of carbonyl (C=O) groups is 1. The van der Waals surface area contributed by atoms with E-state index < -0.39 is 11.7 Å². The van der Waals surface area contributed by atoms with Crippen LogP contribution in [0.25, 0.3) is 0 Å². The van der Waals surface area contributed by atoms with Crippen LogP contribution in [0.15, 0.2) is 0 Å². The monoisotopic (exact) mass is 160 g/mol. The Morgan fingerprint density at radius 3 is 2.73 bits per heavy atom. The van der Waals surface area contributed by atoms with E-state index in [0.29, 0.717) is 0 Å². The van der Waals surface area contributed by atoms with Gasteiger partial charge in [-0.3, -0.25) is 0 Å². The number of ether oxygens (including phenoxy) is 1. The topological polar surface area (TPSA) is 75.8 Å². The second-order valence-electron chi connectivity index (χ2n) is 2.75. The van der Waals surface area contributed by atoms with Crippen LogP contribution in [0.4, 0.5) is 4.79 Å². The van der Waals surface area contributed by atoms with Crippen LogP contribution in [0.5, 0.6) is 0 Å². The van der Waals surface area contributed by atoms with Gasteiger partial charge in [0.15, 0.2) is 0 Å². The Kier molecular flexibility index (Phi) is 2.01. The molecule has 0 bridgehead atoms. The molecule has 0 unspecified atom stereocenters. The first-order chi connectivity index (χ1) is 5.11. The number of hydrogen-bond acceptors (Lipinski definition) is 4. The number of rotatable bonds is 1. The first kappa shape index (κ1) is 8.29. The van der Waals surface area contributed by atoms with E-state index >= 15 is 0 Å². The number of aliphatic hydroxyl groups is 1. The van der Waals surface area contributed by atoms with Crippen molar-refractivity contribution < 1.29 is 14.6 Å². The van der Waals surface area contributed by atoms with Gasteiger partial charge in [-0.25, -0.2) is 4.79 Å². The van der Waals surface area contributed by atoms with E-state index in [4.69, 9.17) is 5.73 Å². The molecular weight excluding hydrogens is 148 g/mol. The van der Waals surface area contributed by atoms with Crippen molar-refractivity contribution in [1.29, 1.82) is 0 Å². The minimum Gasteiger partial charge on any atom is -0.453 e. The average Bonchev–Trinajstić information content (AvgIpc) is 1.97. The van der Waals surface area contributed by atoms with Crippen LogP contribution < -0.4 is 5.73 Å². The number of methoxy groups -OCH3 is 1. The predicted octanol–water partition coefficient (Wildman–Crippen LogP) is -1.24. The summed E-state index contributed by atoms with van der Waals surface area (Å²) >= 11 is 0. The number of nitrogens with two attached hydrogens (primary N) is 1. The summed E-state index contributed by atoms with van der Waals surface area (Å²) in [5.74, 6) is 0. The first-order valence-electron chi connectivity index (χ1n) is 3.37. The van der Waals surface area contributed by atoms with E-state index in [1.807, 2.05) is 0 Å². The maximum atomic E-state index is 10.7. The van der Waals surface area contributed by atoms with E-state index in [-0.39, 0.29) is 19.6 Å². The Hall–Kier alpha value is -0.810. The second kappa shape index (κ2) is 2.67. The normalized spacial score (nSPS) is 20.8. The third kappa shape index (κ3) is 1.44. The van der Waals surface area contributed by atoms with Gasteiger partial charge in [-0.15, -0.1) is 0 Å². The summed E-state index contributed by atoms with van der Waals surface area (Å²) in [6, 6.07) is 0. The zero-order valence-corrected chi connectivity index (χ0v) is 6.41. The highest BCUT2D eigenvalue weighted by atomic mass is 16.5. The van der Waals surface area contributed by atoms with Gasteiger partial charge in [0.25, 0.3) is 0 Å². The zero-order chi connectivity index (χ0) is 8.48. The Bertz CT molecular complexity index is 165. The van der Waals surface area contributed by atoms with Crippen LogP contribution in [-0.2, 0) is 4.74 Å². The molecule has 5 nitrogen and oxygen atoms in total. The van der Waals surface area contributed by atoms with Crippen molar-refractivity contribution in [3.63, 3.8) is 0 Å². The molecule has 0 atom stereocenters. The Balaban J connectivity index is 2.34. The summed E-state index contributed by atoms with van der Waals surface area (Å²) in [6.45, 7) is 0.729. The first-order valence-corrected chi connectivity index (χ1v) is 3.37. The van der Waals surface area contributed by atoms with Gasteiger partial charge in [0.1, 0.15) is 5.60 Å². The van der Waals surface area contributed by atoms with Gasteiger partial charge in [-0.2, -0.15) is 0 Å². The minimum absolute atomic E-state index is 0.181. The lowest BCUT2D eigenvalue weighted by molar-refractivity contribution is -0.0790. The highest BCUT2D eigenvalue weighted by Crippen LogP contribution is 2.19. The number of likely N-dealkylation sites (tertiary alicyclic amines) is 1. The van der Waals surface area contributed by atoms with Gasteiger partial charge in [0.2, 0.25) is 0 Å². The number of carbonyl (C=O) groups excluding carboxylic acids is 1. The molecule has 0 saturated carbocycles. The Morgan fingerprint density at radius 1 is 1.82 bits per heavy atom. The van der Waals surface area contributed by atoms with Gasteiger partial charge in [0.05, 0.1) is 20.2 Å². The van der Waals surface area contributed by atoms with Gasteiger partial charge in [-0.1, -0.05) is 0 Å². The lowest BCUT2D eigenvalue weighted by Gasteiger charge is -2.44. The molecule has 0 aromatic heterocycles. The summed E-state index contributed by atoms with van der Waals surface area (Å²) < 4.78 is 4.43. The minimum atomic E-state index is -0.881. The summed E-state index contributed by atoms with van der Waals surface area (Å²) in [5, 5.41) is 9.36. The number of hydrogen-bond donors (Lipinski definition) is 2. The van der Waals surface area contributed by atoms with Crippen molar-refractivity contribution in [2.45, 2.75) is 5.60 Å². The quantitative estimate of drug-likeness (QED) is 0.503. The number of β-amino-alcohol motifs (C(OH)–C–C–N with tert-alkyl or cyclic N) is 1. The van der Waals surface area contributed by atoms with Crippen LogP contribution in [0, 0.1) is 0 Å². The van der Waals surface area contributed by atoms with Gasteiger partial charge >= 0.3 is 6.09 Å². The summed E-state index contributed by atoms with van der Waals surface area (Å²) in [7, 11) is 1.31. The Labute approximate surface area is 64.7 Å². The van der Waals surface area contributed by atoms with Crippen LogP contribution in [0.3, 0.4) is 0 Å². The highest BCUT2D eigenvalue weighted by Gasteiger charge is 2.42. The largest absolute Gasteiger partial charge is 0.453 e. The lowest BCUT2D eigenvalue weighted by atomic mass is 9.95. The standard InChI is InChI=1S/C6H12N2O3/c1-11-5(9)8-3-6(10,2-7)4-8/h10H,2-4,7H2,1H3. The molecule has 11 heavy (non-hydrogen) atoms. The smallest absolute Gasteiger partial charge is 0.409 e. The maximum Gasteiger partial charge on any atom is 0.409 e. The van der Waals surface area contributed by atoms with Crippen LogP contribution >= 0.6 is 0 Å². The molecule has 1 aliphatic rings. The molecule has 3 N–H and O–H groups in total. The third-order valence-electron chi connectivity index (χ3n) is 1.78. The molecule has 0 spiro atoms. The molecular formula is C6H12N2O3. The molecule has 1 rings (SSSR count). The van der Waals surface area contributed by atoms with E-state index in [9.17, 15) is 9.90 Å². The molecule has 1 heterocycles. The van der Waals surface area contributed by atoms with Gasteiger partial charge in [0, 0.05) is 6.54 Å². The fourth-order valence-corrected chi connectivity index (χ4v) is 1.05. The van der Waals surface area contributed by atoms with Crippen molar-refractivity contribution in [1.82, 2.24) is 4.90 Å². The third-order valence-corrected chi connectivity index (χ3v) is 1.78. The van der Waals surface area contributed by atoms with Crippen molar-refractivity contribution in [3.05, 3.63) is 0 Å². The Morgan fingerprint density at radius 2 is 2.36 bits per heavy atom. The van der Waals surface area contributed by atoms with Gasteiger partial charge < -0.3 is 20.5 Å².